The van der Waals surface area contributed by atoms with Gasteiger partial charge in [0, 0.05) is 5.92 Å². The predicted octanol–water partition coefficient (Wildman–Crippen LogP) is 8.43. The maximum atomic E-state index is 9.44. The first kappa shape index (κ1) is 22.9. The van der Waals surface area contributed by atoms with Gasteiger partial charge in [-0.2, -0.15) is 5.26 Å². The first-order valence-corrected chi connectivity index (χ1v) is 12.4. The van der Waals surface area contributed by atoms with Crippen LogP contribution in [0.15, 0.2) is 78.9 Å². The topological polar surface area (TPSA) is 23.8 Å². The van der Waals surface area contributed by atoms with Gasteiger partial charge in [-0.1, -0.05) is 90.5 Å². The van der Waals surface area contributed by atoms with Gasteiger partial charge in [-0.05, 0) is 96.2 Å². The molecule has 0 bridgehead atoms. The molecule has 1 heteroatoms. The summed E-state index contributed by atoms with van der Waals surface area (Å²) in [6.07, 6.45) is 5.42. The van der Waals surface area contributed by atoms with Gasteiger partial charge in [0.2, 0.25) is 0 Å². The van der Waals surface area contributed by atoms with Gasteiger partial charge in [-0.3, -0.25) is 0 Å². The molecule has 2 atom stereocenters. The van der Waals surface area contributed by atoms with E-state index in [1.165, 1.54) is 44.5 Å². The van der Waals surface area contributed by atoms with E-state index < -0.39 is 0 Å². The Morgan fingerprint density at radius 2 is 1.54 bits per heavy atom. The van der Waals surface area contributed by atoms with Crippen LogP contribution in [0.2, 0.25) is 0 Å². The van der Waals surface area contributed by atoms with Crippen LogP contribution in [0.5, 0.6) is 0 Å². The highest BCUT2D eigenvalue weighted by atomic mass is 14.4. The highest BCUT2D eigenvalue weighted by Gasteiger charge is 2.36. The lowest BCUT2D eigenvalue weighted by Gasteiger charge is -2.24. The van der Waals surface area contributed by atoms with E-state index >= 15 is 0 Å². The number of hydrogen-bond donors (Lipinski definition) is 0. The van der Waals surface area contributed by atoms with Crippen LogP contribution < -0.4 is 0 Å². The van der Waals surface area contributed by atoms with Crippen LogP contribution in [0.4, 0.5) is 0 Å². The molecule has 0 N–H and O–H groups in total. The van der Waals surface area contributed by atoms with E-state index in [9.17, 15) is 5.26 Å². The molecule has 0 fully saturated rings. The van der Waals surface area contributed by atoms with E-state index in [-0.39, 0.29) is 0 Å². The molecule has 0 radical (unpaired) electrons. The summed E-state index contributed by atoms with van der Waals surface area (Å²) in [6, 6.07) is 31.1. The SMILES string of the molecule is Cc1cccc(C2c3c(/C=C/c4ccc(C)c(C#N)c4)cccc3CC2c2ccc(C)c(C)c2)c1. The Bertz CT molecular complexity index is 1480. The first-order valence-electron chi connectivity index (χ1n) is 12.4. The minimum atomic E-state index is 0.306. The third kappa shape index (κ3) is 4.45. The van der Waals surface area contributed by atoms with Crippen molar-refractivity contribution >= 4 is 12.2 Å². The minimum Gasteiger partial charge on any atom is -0.192 e. The fourth-order valence-electron chi connectivity index (χ4n) is 5.51. The van der Waals surface area contributed by atoms with Crippen molar-refractivity contribution in [1.29, 1.82) is 5.26 Å². The minimum absolute atomic E-state index is 0.306. The molecule has 35 heavy (non-hydrogen) atoms. The van der Waals surface area contributed by atoms with Crippen LogP contribution >= 0.6 is 0 Å². The number of fused-ring (bicyclic) bond motifs is 1. The Labute approximate surface area is 209 Å². The quantitative estimate of drug-likeness (QED) is 0.284. The summed E-state index contributed by atoms with van der Waals surface area (Å²) in [5.41, 5.74) is 13.7. The molecule has 5 rings (SSSR count). The molecule has 0 aliphatic heterocycles. The molecule has 172 valence electrons. The van der Waals surface area contributed by atoms with Crippen LogP contribution in [0, 0.1) is 39.0 Å². The number of nitriles is 1. The number of aryl methyl sites for hydroxylation is 4. The second-order valence-corrected chi connectivity index (χ2v) is 9.99. The van der Waals surface area contributed by atoms with Gasteiger partial charge >= 0.3 is 0 Å². The molecule has 4 aromatic carbocycles. The fraction of sp³-hybridized carbons (Fsp3) is 0.206. The largest absolute Gasteiger partial charge is 0.192 e. The smallest absolute Gasteiger partial charge is 0.0994 e. The third-order valence-electron chi connectivity index (χ3n) is 7.58. The Morgan fingerprint density at radius 3 is 2.31 bits per heavy atom. The van der Waals surface area contributed by atoms with E-state index in [1.54, 1.807) is 0 Å². The zero-order chi connectivity index (χ0) is 24.5. The molecule has 0 heterocycles. The number of rotatable bonds is 4. The average Bonchev–Trinajstić information content (AvgIpc) is 3.25. The van der Waals surface area contributed by atoms with Gasteiger partial charge in [0.05, 0.1) is 11.6 Å². The Kier molecular flexibility index (Phi) is 6.14. The Morgan fingerprint density at radius 1 is 0.743 bits per heavy atom. The van der Waals surface area contributed by atoms with Crippen LogP contribution in [-0.2, 0) is 6.42 Å². The van der Waals surface area contributed by atoms with Crippen LogP contribution in [0.3, 0.4) is 0 Å². The van der Waals surface area contributed by atoms with E-state index in [1.807, 2.05) is 19.1 Å². The molecule has 1 aliphatic carbocycles. The Hall–Kier alpha value is -3.89. The molecule has 1 aliphatic rings. The molecule has 1 nitrogen and oxygen atoms in total. The lowest BCUT2D eigenvalue weighted by atomic mass is 9.79. The zero-order valence-corrected chi connectivity index (χ0v) is 21.0. The molecule has 0 amide bonds. The number of benzene rings is 4. The fourth-order valence-corrected chi connectivity index (χ4v) is 5.51. The zero-order valence-electron chi connectivity index (χ0n) is 21.0. The summed E-state index contributed by atoms with van der Waals surface area (Å²) >= 11 is 0. The van der Waals surface area contributed by atoms with Gasteiger partial charge < -0.3 is 0 Å². The summed E-state index contributed by atoms with van der Waals surface area (Å²) in [6.45, 7) is 8.57. The molecule has 2 unspecified atom stereocenters. The van der Waals surface area contributed by atoms with Crippen LogP contribution in [0.25, 0.3) is 12.2 Å². The average molecular weight is 454 g/mol. The van der Waals surface area contributed by atoms with Crippen molar-refractivity contribution in [2.24, 2.45) is 0 Å². The van der Waals surface area contributed by atoms with Crippen molar-refractivity contribution in [2.75, 3.05) is 0 Å². The summed E-state index contributed by atoms with van der Waals surface area (Å²) in [5, 5.41) is 9.44. The summed E-state index contributed by atoms with van der Waals surface area (Å²) in [4.78, 5) is 0. The van der Waals surface area contributed by atoms with E-state index in [0.29, 0.717) is 11.8 Å². The van der Waals surface area contributed by atoms with Crippen molar-refractivity contribution in [3.05, 3.63) is 140 Å². The normalized spacial score (nSPS) is 16.9. The van der Waals surface area contributed by atoms with Crippen molar-refractivity contribution in [2.45, 2.75) is 46.0 Å². The molecule has 0 spiro atoms. The van der Waals surface area contributed by atoms with Gasteiger partial charge in [-0.25, -0.2) is 0 Å². The number of nitrogens with zero attached hydrogens (tertiary/aromatic N) is 1. The van der Waals surface area contributed by atoms with Crippen molar-refractivity contribution in [3.8, 4) is 6.07 Å². The predicted molar refractivity (Wildman–Crippen MR) is 147 cm³/mol. The van der Waals surface area contributed by atoms with Gasteiger partial charge in [0.25, 0.3) is 0 Å². The summed E-state index contributed by atoms with van der Waals surface area (Å²) in [5.74, 6) is 0.714. The third-order valence-corrected chi connectivity index (χ3v) is 7.58. The van der Waals surface area contributed by atoms with Crippen LogP contribution in [-0.4, -0.2) is 0 Å². The monoisotopic (exact) mass is 453 g/mol. The highest BCUT2D eigenvalue weighted by Crippen LogP contribution is 2.49. The van der Waals surface area contributed by atoms with Crippen molar-refractivity contribution in [3.63, 3.8) is 0 Å². The van der Waals surface area contributed by atoms with Gasteiger partial charge in [-0.15, -0.1) is 0 Å². The van der Waals surface area contributed by atoms with E-state index in [4.69, 9.17) is 0 Å². The van der Waals surface area contributed by atoms with E-state index in [2.05, 4.69) is 106 Å². The van der Waals surface area contributed by atoms with E-state index in [0.717, 1.165) is 23.1 Å². The van der Waals surface area contributed by atoms with Crippen molar-refractivity contribution < 1.29 is 0 Å². The summed E-state index contributed by atoms with van der Waals surface area (Å²) in [7, 11) is 0. The molecule has 4 aromatic rings. The lowest BCUT2D eigenvalue weighted by molar-refractivity contribution is 0.655. The van der Waals surface area contributed by atoms with Gasteiger partial charge in [0.1, 0.15) is 0 Å². The second kappa shape index (κ2) is 9.40. The maximum absolute atomic E-state index is 9.44. The van der Waals surface area contributed by atoms with Crippen LogP contribution in [0.1, 0.15) is 73.0 Å². The maximum Gasteiger partial charge on any atom is 0.0994 e. The first-order chi connectivity index (χ1) is 16.9. The lowest BCUT2D eigenvalue weighted by Crippen LogP contribution is -2.09. The second-order valence-electron chi connectivity index (χ2n) is 9.99. The molecule has 0 saturated heterocycles. The van der Waals surface area contributed by atoms with Gasteiger partial charge in [0.15, 0.2) is 0 Å². The van der Waals surface area contributed by atoms with Crippen molar-refractivity contribution in [1.82, 2.24) is 0 Å². The molecular formula is C34H31N. The highest BCUT2D eigenvalue weighted by molar-refractivity contribution is 5.74. The standard InChI is InChI=1S/C34H31N/c1-22-7-5-9-29(17-22)34-32(28-15-12-23(2)25(4)18-28)20-30-10-6-8-27(33(30)34)16-14-26-13-11-24(3)31(19-26)21-35/h5-19,32,34H,20H2,1-4H3/b16-14+. The molecule has 0 aromatic heterocycles. The molecular weight excluding hydrogens is 422 g/mol. The number of hydrogen-bond acceptors (Lipinski definition) is 1. The molecule has 0 saturated carbocycles. The summed E-state index contributed by atoms with van der Waals surface area (Å²) < 4.78 is 0. The Balaban J connectivity index is 1.62.